The summed E-state index contributed by atoms with van der Waals surface area (Å²) in [7, 11) is 0. The molecule has 21 heavy (non-hydrogen) atoms. The topological polar surface area (TPSA) is 18.5 Å². The van der Waals surface area contributed by atoms with Crippen molar-refractivity contribution in [2.45, 2.75) is 26.2 Å². The Kier molecular flexibility index (Phi) is 4.81. The van der Waals surface area contributed by atoms with Crippen LogP contribution in [0.25, 0.3) is 0 Å². The number of benzene rings is 1. The first kappa shape index (κ1) is 14.9. The molecule has 1 N–H and O–H groups in total. The van der Waals surface area contributed by atoms with Crippen molar-refractivity contribution in [3.05, 3.63) is 30.3 Å². The third kappa shape index (κ3) is 3.58. The molecule has 1 aromatic rings. The van der Waals surface area contributed by atoms with E-state index in [1.807, 2.05) is 0 Å². The Morgan fingerprint density at radius 2 is 1.86 bits per heavy atom. The van der Waals surface area contributed by atoms with Crippen LogP contribution in [-0.2, 0) is 0 Å². The summed E-state index contributed by atoms with van der Waals surface area (Å²) in [5, 5.41) is 3.61. The van der Waals surface area contributed by atoms with Crippen molar-refractivity contribution in [3.8, 4) is 0 Å². The van der Waals surface area contributed by atoms with Gasteiger partial charge in [-0.25, -0.2) is 0 Å². The summed E-state index contributed by atoms with van der Waals surface area (Å²) in [6.07, 6.45) is 4.05. The fourth-order valence-electron chi connectivity index (χ4n) is 3.86. The van der Waals surface area contributed by atoms with Gasteiger partial charge in [-0.15, -0.1) is 0 Å². The van der Waals surface area contributed by atoms with Gasteiger partial charge >= 0.3 is 0 Å². The maximum Gasteiger partial charge on any atom is 0.0367 e. The standard InChI is InChI=1S/C18H29N3/c1-2-18(9-6-10-19-15-18)16-20-11-13-21(14-12-20)17-7-4-3-5-8-17/h3-5,7-8,19H,2,6,9-16H2,1H3. The SMILES string of the molecule is CCC1(CN2CCN(c3ccccc3)CC2)CCCNC1. The molecular formula is C18H29N3. The van der Waals surface area contributed by atoms with E-state index in [0.717, 1.165) is 13.1 Å². The smallest absolute Gasteiger partial charge is 0.0367 e. The molecule has 2 aliphatic rings. The van der Waals surface area contributed by atoms with Crippen LogP contribution in [0.4, 0.5) is 5.69 Å². The molecule has 0 radical (unpaired) electrons. The lowest BCUT2D eigenvalue weighted by atomic mass is 9.78. The molecule has 2 saturated heterocycles. The average molecular weight is 287 g/mol. The number of nitrogens with zero attached hydrogens (tertiary/aromatic N) is 2. The van der Waals surface area contributed by atoms with Gasteiger partial charge in [-0.05, 0) is 43.4 Å². The van der Waals surface area contributed by atoms with Gasteiger partial charge in [0.25, 0.3) is 0 Å². The molecule has 0 saturated carbocycles. The van der Waals surface area contributed by atoms with Gasteiger partial charge in [-0.2, -0.15) is 0 Å². The molecule has 1 aromatic carbocycles. The van der Waals surface area contributed by atoms with Gasteiger partial charge in [0, 0.05) is 45.0 Å². The van der Waals surface area contributed by atoms with Crippen molar-refractivity contribution < 1.29 is 0 Å². The molecule has 2 fully saturated rings. The average Bonchev–Trinajstić information content (AvgIpc) is 2.57. The van der Waals surface area contributed by atoms with Crippen LogP contribution in [0.5, 0.6) is 0 Å². The van der Waals surface area contributed by atoms with Crippen LogP contribution in [0.3, 0.4) is 0 Å². The zero-order valence-corrected chi connectivity index (χ0v) is 13.4. The lowest BCUT2D eigenvalue weighted by Crippen LogP contribution is -2.53. The number of nitrogens with one attached hydrogen (secondary N) is 1. The van der Waals surface area contributed by atoms with Gasteiger partial charge in [0.2, 0.25) is 0 Å². The molecule has 3 rings (SSSR count). The van der Waals surface area contributed by atoms with E-state index in [4.69, 9.17) is 0 Å². The lowest BCUT2D eigenvalue weighted by Gasteiger charge is -2.44. The first-order valence-electron chi connectivity index (χ1n) is 8.54. The lowest BCUT2D eigenvalue weighted by molar-refractivity contribution is 0.107. The second kappa shape index (κ2) is 6.80. The Bertz CT molecular complexity index is 417. The minimum Gasteiger partial charge on any atom is -0.369 e. The van der Waals surface area contributed by atoms with Crippen LogP contribution in [0.15, 0.2) is 30.3 Å². The van der Waals surface area contributed by atoms with E-state index in [1.165, 1.54) is 57.7 Å². The first-order chi connectivity index (χ1) is 10.3. The number of anilines is 1. The van der Waals surface area contributed by atoms with Crippen LogP contribution >= 0.6 is 0 Å². The Morgan fingerprint density at radius 1 is 1.10 bits per heavy atom. The van der Waals surface area contributed by atoms with E-state index < -0.39 is 0 Å². The van der Waals surface area contributed by atoms with Crippen LogP contribution in [0.1, 0.15) is 26.2 Å². The number of hydrogen-bond acceptors (Lipinski definition) is 3. The minimum absolute atomic E-state index is 0.521. The fourth-order valence-corrected chi connectivity index (χ4v) is 3.86. The van der Waals surface area contributed by atoms with Gasteiger partial charge in [-0.1, -0.05) is 25.1 Å². The monoisotopic (exact) mass is 287 g/mol. The van der Waals surface area contributed by atoms with Crippen molar-refractivity contribution in [2.24, 2.45) is 5.41 Å². The molecule has 0 spiro atoms. The molecule has 0 aliphatic carbocycles. The van der Waals surface area contributed by atoms with Crippen LogP contribution < -0.4 is 10.2 Å². The van der Waals surface area contributed by atoms with Crippen LogP contribution in [-0.4, -0.2) is 50.7 Å². The Balaban J connectivity index is 1.53. The second-order valence-electron chi connectivity index (χ2n) is 6.73. The molecule has 1 atom stereocenters. The molecule has 116 valence electrons. The summed E-state index contributed by atoms with van der Waals surface area (Å²) in [4.78, 5) is 5.21. The molecule has 1 unspecified atom stereocenters. The highest BCUT2D eigenvalue weighted by Crippen LogP contribution is 2.31. The number of rotatable bonds is 4. The number of piperidine rings is 1. The van der Waals surface area contributed by atoms with Crippen molar-refractivity contribution in [1.29, 1.82) is 0 Å². The summed E-state index contributed by atoms with van der Waals surface area (Å²) >= 11 is 0. The Morgan fingerprint density at radius 3 is 2.48 bits per heavy atom. The summed E-state index contributed by atoms with van der Waals surface area (Å²) in [6, 6.07) is 10.8. The van der Waals surface area contributed by atoms with Crippen molar-refractivity contribution in [1.82, 2.24) is 10.2 Å². The van der Waals surface area contributed by atoms with Crippen molar-refractivity contribution >= 4 is 5.69 Å². The molecule has 2 aliphatic heterocycles. The highest BCUT2D eigenvalue weighted by molar-refractivity contribution is 5.46. The third-order valence-electron chi connectivity index (χ3n) is 5.36. The first-order valence-corrected chi connectivity index (χ1v) is 8.54. The summed E-state index contributed by atoms with van der Waals surface area (Å²) in [5.41, 5.74) is 1.90. The Labute approximate surface area is 129 Å². The van der Waals surface area contributed by atoms with Crippen molar-refractivity contribution in [2.75, 3.05) is 50.7 Å². The summed E-state index contributed by atoms with van der Waals surface area (Å²) in [5.74, 6) is 0. The van der Waals surface area contributed by atoms with E-state index in [9.17, 15) is 0 Å². The largest absolute Gasteiger partial charge is 0.369 e. The van der Waals surface area contributed by atoms with Crippen LogP contribution in [0.2, 0.25) is 0 Å². The maximum atomic E-state index is 3.61. The molecule has 2 heterocycles. The third-order valence-corrected chi connectivity index (χ3v) is 5.36. The number of piperazine rings is 1. The maximum absolute atomic E-state index is 3.61. The molecule has 0 aromatic heterocycles. The second-order valence-corrected chi connectivity index (χ2v) is 6.73. The van der Waals surface area contributed by atoms with Gasteiger partial charge < -0.3 is 10.2 Å². The zero-order valence-electron chi connectivity index (χ0n) is 13.4. The highest BCUT2D eigenvalue weighted by Gasteiger charge is 2.33. The number of hydrogen-bond donors (Lipinski definition) is 1. The molecule has 0 amide bonds. The van der Waals surface area contributed by atoms with Gasteiger partial charge in [0.1, 0.15) is 0 Å². The molecule has 3 heteroatoms. The van der Waals surface area contributed by atoms with Gasteiger partial charge in [-0.3, -0.25) is 4.90 Å². The minimum atomic E-state index is 0.521. The van der Waals surface area contributed by atoms with E-state index in [1.54, 1.807) is 0 Å². The molecule has 0 bridgehead atoms. The normalized spacial score (nSPS) is 27.8. The van der Waals surface area contributed by atoms with E-state index in [-0.39, 0.29) is 0 Å². The van der Waals surface area contributed by atoms with Gasteiger partial charge in [0.15, 0.2) is 0 Å². The van der Waals surface area contributed by atoms with Crippen molar-refractivity contribution in [3.63, 3.8) is 0 Å². The van der Waals surface area contributed by atoms with E-state index in [2.05, 4.69) is 52.4 Å². The fraction of sp³-hybridized carbons (Fsp3) is 0.667. The van der Waals surface area contributed by atoms with Crippen LogP contribution in [0, 0.1) is 5.41 Å². The van der Waals surface area contributed by atoms with Gasteiger partial charge in [0.05, 0.1) is 0 Å². The highest BCUT2D eigenvalue weighted by atomic mass is 15.3. The zero-order chi connectivity index (χ0) is 14.5. The summed E-state index contributed by atoms with van der Waals surface area (Å²) < 4.78 is 0. The Hall–Kier alpha value is -1.06. The molecule has 3 nitrogen and oxygen atoms in total. The van der Waals surface area contributed by atoms with E-state index in [0.29, 0.717) is 5.41 Å². The molecular weight excluding hydrogens is 258 g/mol. The summed E-state index contributed by atoms with van der Waals surface area (Å²) in [6.45, 7) is 10.8. The predicted molar refractivity (Wildman–Crippen MR) is 89.9 cm³/mol. The quantitative estimate of drug-likeness (QED) is 0.918. The predicted octanol–water partition coefficient (Wildman–Crippen LogP) is 2.59. The van der Waals surface area contributed by atoms with E-state index >= 15 is 0 Å². The number of para-hydroxylation sites is 1.